The molecule has 0 aliphatic rings. The predicted octanol–water partition coefficient (Wildman–Crippen LogP) is 11.0. The van der Waals surface area contributed by atoms with Crippen molar-refractivity contribution in [3.05, 3.63) is 163 Å². The molecule has 233 valence electrons. The average molecular weight is 796 g/mol. The zero-order valence-electron chi connectivity index (χ0n) is 26.4. The van der Waals surface area contributed by atoms with Gasteiger partial charge < -0.3 is 14.4 Å². The number of fused-ring (bicyclic) bond motifs is 6. The van der Waals surface area contributed by atoms with Gasteiger partial charge in [-0.15, -0.1) is 54.1 Å². The summed E-state index contributed by atoms with van der Waals surface area (Å²) in [5, 5.41) is 5.69. The number of hydrogen-bond donors (Lipinski definition) is 0. The Balaban J connectivity index is 0.000000237. The van der Waals surface area contributed by atoms with Crippen LogP contribution in [0.5, 0.6) is 0 Å². The van der Waals surface area contributed by atoms with Gasteiger partial charge in [-0.25, -0.2) is 4.98 Å². The molecule has 4 aromatic heterocycles. The largest absolute Gasteiger partial charge is 0.498 e. The van der Waals surface area contributed by atoms with Crippen LogP contribution in [0.15, 0.2) is 144 Å². The summed E-state index contributed by atoms with van der Waals surface area (Å²) in [5.74, 6) is 0. The van der Waals surface area contributed by atoms with Gasteiger partial charge >= 0.3 is 0 Å². The van der Waals surface area contributed by atoms with E-state index >= 15 is 0 Å². The van der Waals surface area contributed by atoms with Crippen molar-refractivity contribution in [1.82, 2.24) is 15.0 Å². The standard InChI is InChI=1S/C32H21N2O.C11H8N.Ir/c1-19-10-11-22-13-15-27-26-8-5-9-28(31(26)35-32(27)30(22)34-19)29-18-23(16-17-33-29)25-14-12-21-6-3-4-7-24(21)20(25)2;1-2-6-10(7-3-1)11-8-4-5-9-12-11;/h3-8,10-18H,1-2H3;1-6,8-9H;/q2*-1;. The number of benzene rings is 5. The minimum atomic E-state index is 0. The third-order valence-electron chi connectivity index (χ3n) is 8.57. The number of rotatable bonds is 3. The van der Waals surface area contributed by atoms with E-state index in [0.717, 1.165) is 66.6 Å². The third-order valence-corrected chi connectivity index (χ3v) is 8.57. The Morgan fingerprint density at radius 3 is 2.23 bits per heavy atom. The van der Waals surface area contributed by atoms with Crippen molar-refractivity contribution in [3.8, 4) is 33.6 Å². The van der Waals surface area contributed by atoms with Gasteiger partial charge in [-0.05, 0) is 70.9 Å². The summed E-state index contributed by atoms with van der Waals surface area (Å²) < 4.78 is 6.50. The Morgan fingerprint density at radius 1 is 0.583 bits per heavy atom. The van der Waals surface area contributed by atoms with E-state index in [9.17, 15) is 0 Å². The SMILES string of the molecule is Cc1ccc2ccc3c4cc[c-]c(-c5cc(-c6ccc7ccccc7c6C)ccn5)c4oc3c2n1.[Ir].[c-]1ccccc1-c1ccccn1. The second kappa shape index (κ2) is 13.3. The van der Waals surface area contributed by atoms with E-state index in [4.69, 9.17) is 14.4 Å². The van der Waals surface area contributed by atoms with Gasteiger partial charge in [0.15, 0.2) is 0 Å². The van der Waals surface area contributed by atoms with Gasteiger partial charge in [0.05, 0.1) is 5.58 Å². The molecular weight excluding hydrogens is 767 g/mol. The van der Waals surface area contributed by atoms with E-state index < -0.39 is 0 Å². The minimum absolute atomic E-state index is 0. The molecule has 0 unspecified atom stereocenters. The summed E-state index contributed by atoms with van der Waals surface area (Å²) in [5.41, 5.74) is 10.8. The summed E-state index contributed by atoms with van der Waals surface area (Å²) in [6, 6.07) is 49.7. The zero-order chi connectivity index (χ0) is 31.7. The summed E-state index contributed by atoms with van der Waals surface area (Å²) in [6.45, 7) is 4.19. The summed E-state index contributed by atoms with van der Waals surface area (Å²) in [4.78, 5) is 13.7. The summed E-state index contributed by atoms with van der Waals surface area (Å²) in [7, 11) is 0. The molecule has 0 fully saturated rings. The van der Waals surface area contributed by atoms with Crippen LogP contribution < -0.4 is 0 Å². The Morgan fingerprint density at radius 2 is 1.38 bits per heavy atom. The van der Waals surface area contributed by atoms with Crippen LogP contribution in [0.3, 0.4) is 0 Å². The van der Waals surface area contributed by atoms with Crippen LogP contribution in [0.2, 0.25) is 0 Å². The molecule has 0 saturated carbocycles. The maximum Gasteiger partial charge on any atom is 0.147 e. The average Bonchev–Trinajstić information content (AvgIpc) is 3.53. The Kier molecular flexibility index (Phi) is 8.64. The molecule has 0 aliphatic heterocycles. The van der Waals surface area contributed by atoms with Crippen molar-refractivity contribution in [1.29, 1.82) is 0 Å². The maximum atomic E-state index is 6.50. The molecule has 0 spiro atoms. The molecule has 9 aromatic rings. The van der Waals surface area contributed by atoms with Gasteiger partial charge in [-0.2, -0.15) is 0 Å². The second-order valence-electron chi connectivity index (χ2n) is 11.5. The van der Waals surface area contributed by atoms with E-state index in [1.54, 1.807) is 6.20 Å². The second-order valence-corrected chi connectivity index (χ2v) is 11.5. The molecule has 0 bridgehead atoms. The molecule has 5 aromatic carbocycles. The fraction of sp³-hybridized carbons (Fsp3) is 0.0465. The van der Waals surface area contributed by atoms with Gasteiger partial charge in [-0.1, -0.05) is 83.7 Å². The van der Waals surface area contributed by atoms with E-state index in [1.165, 1.54) is 21.9 Å². The van der Waals surface area contributed by atoms with Crippen LogP contribution in [0.4, 0.5) is 0 Å². The van der Waals surface area contributed by atoms with E-state index in [0.29, 0.717) is 0 Å². The molecule has 0 N–H and O–H groups in total. The quantitative estimate of drug-likeness (QED) is 0.167. The van der Waals surface area contributed by atoms with Crippen LogP contribution in [0.1, 0.15) is 11.3 Å². The van der Waals surface area contributed by atoms with Gasteiger partial charge in [0.25, 0.3) is 0 Å². The van der Waals surface area contributed by atoms with Crippen LogP contribution >= 0.6 is 0 Å². The number of furan rings is 1. The first-order valence-corrected chi connectivity index (χ1v) is 15.6. The molecule has 1 radical (unpaired) electrons. The first kappa shape index (κ1) is 31.1. The molecule has 4 nitrogen and oxygen atoms in total. The number of aromatic nitrogens is 3. The van der Waals surface area contributed by atoms with E-state index in [2.05, 4.69) is 96.8 Å². The van der Waals surface area contributed by atoms with Crippen LogP contribution in [-0.2, 0) is 20.1 Å². The Labute approximate surface area is 292 Å². The summed E-state index contributed by atoms with van der Waals surface area (Å²) >= 11 is 0. The first-order valence-electron chi connectivity index (χ1n) is 15.6. The van der Waals surface area contributed by atoms with Gasteiger partial charge in [-0.3, -0.25) is 0 Å². The normalized spacial score (nSPS) is 11.0. The topological polar surface area (TPSA) is 51.8 Å². The molecule has 4 heterocycles. The van der Waals surface area contributed by atoms with Gasteiger partial charge in [0.1, 0.15) is 11.1 Å². The van der Waals surface area contributed by atoms with E-state index in [1.807, 2.05) is 67.7 Å². The molecule has 0 atom stereocenters. The van der Waals surface area contributed by atoms with Crippen molar-refractivity contribution in [2.24, 2.45) is 0 Å². The molecule has 5 heteroatoms. The number of pyridine rings is 3. The van der Waals surface area contributed by atoms with Crippen molar-refractivity contribution < 1.29 is 24.5 Å². The predicted molar refractivity (Wildman–Crippen MR) is 192 cm³/mol. The van der Waals surface area contributed by atoms with Crippen molar-refractivity contribution in [2.45, 2.75) is 13.8 Å². The molecule has 0 aliphatic carbocycles. The van der Waals surface area contributed by atoms with Crippen molar-refractivity contribution in [2.75, 3.05) is 0 Å². The zero-order valence-corrected chi connectivity index (χ0v) is 28.8. The molecule has 0 amide bonds. The van der Waals surface area contributed by atoms with Gasteiger partial charge in [0.2, 0.25) is 0 Å². The maximum absolute atomic E-state index is 6.50. The van der Waals surface area contributed by atoms with Crippen LogP contribution in [0.25, 0.3) is 77.3 Å². The number of hydrogen-bond acceptors (Lipinski definition) is 4. The minimum Gasteiger partial charge on any atom is -0.498 e. The van der Waals surface area contributed by atoms with Crippen molar-refractivity contribution in [3.63, 3.8) is 0 Å². The van der Waals surface area contributed by atoms with Gasteiger partial charge in [0, 0.05) is 49.0 Å². The molecule has 48 heavy (non-hydrogen) atoms. The fourth-order valence-corrected chi connectivity index (χ4v) is 6.22. The molecule has 9 rings (SSSR count). The number of aryl methyl sites for hydroxylation is 2. The Hall–Kier alpha value is -5.48. The van der Waals surface area contributed by atoms with Crippen LogP contribution in [-0.4, -0.2) is 15.0 Å². The number of nitrogens with zero attached hydrogens (tertiary/aromatic N) is 3. The van der Waals surface area contributed by atoms with Crippen molar-refractivity contribution >= 4 is 43.6 Å². The first-order chi connectivity index (χ1) is 23.1. The summed E-state index contributed by atoms with van der Waals surface area (Å²) in [6.07, 6.45) is 3.66. The van der Waals surface area contributed by atoms with E-state index in [-0.39, 0.29) is 20.1 Å². The Bertz CT molecular complexity index is 2510. The smallest absolute Gasteiger partial charge is 0.147 e. The fourth-order valence-electron chi connectivity index (χ4n) is 6.22. The third kappa shape index (κ3) is 5.79. The van der Waals surface area contributed by atoms with Crippen LogP contribution in [0, 0.1) is 26.0 Å². The molecule has 0 saturated heterocycles. The monoisotopic (exact) mass is 796 g/mol. The molecular formula is C43H29IrN3O-2.